The maximum absolute atomic E-state index is 13.0. The minimum atomic E-state index is -1.17. The van der Waals surface area contributed by atoms with Crippen molar-refractivity contribution in [1.82, 2.24) is 16.0 Å². The molecule has 12 nitrogen and oxygen atoms in total. The summed E-state index contributed by atoms with van der Waals surface area (Å²) in [5.41, 5.74) is 16.4. The SMILES string of the molecule is CSCCC(NC(=O)C(N)CCC(N)=O)C(=O)NC(CC(C)C)C(=O)NC(CCCCN)C(=O)O. The van der Waals surface area contributed by atoms with Crippen LogP contribution in [0.2, 0.25) is 0 Å². The predicted molar refractivity (Wildman–Crippen MR) is 135 cm³/mol. The van der Waals surface area contributed by atoms with E-state index in [0.717, 1.165) is 0 Å². The van der Waals surface area contributed by atoms with Crippen molar-refractivity contribution < 1.29 is 29.1 Å². The highest BCUT2D eigenvalue weighted by atomic mass is 32.2. The summed E-state index contributed by atoms with van der Waals surface area (Å²) in [4.78, 5) is 60.9. The van der Waals surface area contributed by atoms with Crippen molar-refractivity contribution in [3.8, 4) is 0 Å². The molecule has 0 heterocycles. The number of nitrogens with two attached hydrogens (primary N) is 3. The molecule has 4 amide bonds. The van der Waals surface area contributed by atoms with Crippen molar-refractivity contribution in [3.05, 3.63) is 0 Å². The van der Waals surface area contributed by atoms with Crippen LogP contribution in [0.5, 0.6) is 0 Å². The van der Waals surface area contributed by atoms with E-state index in [1.165, 1.54) is 11.8 Å². The molecule has 10 N–H and O–H groups in total. The van der Waals surface area contributed by atoms with Crippen molar-refractivity contribution in [2.75, 3.05) is 18.6 Å². The van der Waals surface area contributed by atoms with Crippen molar-refractivity contribution in [2.45, 2.75) is 83.0 Å². The van der Waals surface area contributed by atoms with Crippen molar-refractivity contribution in [1.29, 1.82) is 0 Å². The lowest BCUT2D eigenvalue weighted by Gasteiger charge is -2.26. The lowest BCUT2D eigenvalue weighted by Crippen LogP contribution is -2.57. The first kappa shape index (κ1) is 32.6. The van der Waals surface area contributed by atoms with Gasteiger partial charge in [0.15, 0.2) is 0 Å². The fourth-order valence-electron chi connectivity index (χ4n) is 3.21. The van der Waals surface area contributed by atoms with Crippen LogP contribution in [0.15, 0.2) is 0 Å². The second-order valence-corrected chi connectivity index (χ2v) is 9.81. The van der Waals surface area contributed by atoms with E-state index in [-0.39, 0.29) is 38.0 Å². The van der Waals surface area contributed by atoms with Gasteiger partial charge in [-0.05, 0) is 63.0 Å². The minimum Gasteiger partial charge on any atom is -0.480 e. The Hall–Kier alpha value is -2.38. The molecule has 0 radical (unpaired) electrons. The average Bonchev–Trinajstić information content (AvgIpc) is 2.78. The van der Waals surface area contributed by atoms with Crippen LogP contribution in [0.25, 0.3) is 0 Å². The lowest BCUT2D eigenvalue weighted by atomic mass is 10.0. The van der Waals surface area contributed by atoms with Gasteiger partial charge in [-0.15, -0.1) is 0 Å². The first-order valence-electron chi connectivity index (χ1n) is 11.8. The molecule has 0 rings (SSSR count). The van der Waals surface area contributed by atoms with E-state index in [9.17, 15) is 29.1 Å². The standard InChI is InChI=1S/C22H42N6O6S/c1-13(2)12-17(21(32)27-16(22(33)34)6-4-5-10-23)28-20(31)15(9-11-35-3)26-19(30)14(24)7-8-18(25)29/h13-17H,4-12,23-24H2,1-3H3,(H2,25,29)(H,26,30)(H,27,32)(H,28,31)(H,33,34). The van der Waals surface area contributed by atoms with Gasteiger partial charge >= 0.3 is 5.97 Å². The van der Waals surface area contributed by atoms with E-state index in [2.05, 4.69) is 16.0 Å². The van der Waals surface area contributed by atoms with Gasteiger partial charge in [0, 0.05) is 6.42 Å². The number of primary amides is 1. The summed E-state index contributed by atoms with van der Waals surface area (Å²) in [7, 11) is 0. The van der Waals surface area contributed by atoms with Crippen molar-refractivity contribution >= 4 is 41.4 Å². The molecule has 202 valence electrons. The Kier molecular flexibility index (Phi) is 16.7. The molecule has 0 bridgehead atoms. The van der Waals surface area contributed by atoms with Gasteiger partial charge in [0.05, 0.1) is 6.04 Å². The largest absolute Gasteiger partial charge is 0.480 e. The van der Waals surface area contributed by atoms with E-state index in [1.807, 2.05) is 20.1 Å². The second-order valence-electron chi connectivity index (χ2n) is 8.83. The van der Waals surface area contributed by atoms with Gasteiger partial charge in [0.2, 0.25) is 23.6 Å². The van der Waals surface area contributed by atoms with E-state index >= 15 is 0 Å². The fraction of sp³-hybridized carbons (Fsp3) is 0.773. The topological polar surface area (TPSA) is 220 Å². The molecule has 0 aliphatic carbocycles. The van der Waals surface area contributed by atoms with Gasteiger partial charge in [-0.3, -0.25) is 19.2 Å². The zero-order chi connectivity index (χ0) is 27.0. The smallest absolute Gasteiger partial charge is 0.326 e. The number of hydrogen-bond acceptors (Lipinski definition) is 8. The Labute approximate surface area is 211 Å². The average molecular weight is 519 g/mol. The lowest BCUT2D eigenvalue weighted by molar-refractivity contribution is -0.142. The Morgan fingerprint density at radius 3 is 1.94 bits per heavy atom. The molecule has 0 aromatic carbocycles. The van der Waals surface area contributed by atoms with Gasteiger partial charge < -0.3 is 38.3 Å². The van der Waals surface area contributed by atoms with E-state index in [0.29, 0.717) is 25.1 Å². The zero-order valence-corrected chi connectivity index (χ0v) is 21.7. The number of aliphatic carboxylic acids is 1. The molecular formula is C22H42N6O6S. The number of amides is 4. The summed E-state index contributed by atoms with van der Waals surface area (Å²) in [6, 6.07) is -4.07. The van der Waals surface area contributed by atoms with E-state index in [1.54, 1.807) is 0 Å². The molecule has 4 unspecified atom stereocenters. The van der Waals surface area contributed by atoms with Crippen LogP contribution < -0.4 is 33.2 Å². The van der Waals surface area contributed by atoms with Crippen LogP contribution in [-0.2, 0) is 24.0 Å². The molecule has 4 atom stereocenters. The highest BCUT2D eigenvalue weighted by molar-refractivity contribution is 7.98. The van der Waals surface area contributed by atoms with Crippen LogP contribution in [0, 0.1) is 5.92 Å². The number of unbranched alkanes of at least 4 members (excludes halogenated alkanes) is 1. The number of carboxylic acid groups (broad SMARTS) is 1. The van der Waals surface area contributed by atoms with Gasteiger partial charge in [-0.1, -0.05) is 13.8 Å². The maximum atomic E-state index is 13.0. The van der Waals surface area contributed by atoms with E-state index < -0.39 is 53.8 Å². The maximum Gasteiger partial charge on any atom is 0.326 e. The number of carbonyl (C=O) groups excluding carboxylic acids is 4. The first-order chi connectivity index (χ1) is 16.4. The molecule has 0 aromatic heterocycles. The fourth-order valence-corrected chi connectivity index (χ4v) is 3.68. The zero-order valence-electron chi connectivity index (χ0n) is 20.9. The molecule has 0 aliphatic rings. The number of hydrogen-bond donors (Lipinski definition) is 7. The monoisotopic (exact) mass is 518 g/mol. The summed E-state index contributed by atoms with van der Waals surface area (Å²) in [6.45, 7) is 4.15. The van der Waals surface area contributed by atoms with Gasteiger partial charge in [0.25, 0.3) is 0 Å². The Balaban J connectivity index is 5.39. The summed E-state index contributed by atoms with van der Waals surface area (Å²) in [5, 5.41) is 17.2. The molecular weight excluding hydrogens is 476 g/mol. The highest BCUT2D eigenvalue weighted by Gasteiger charge is 2.30. The van der Waals surface area contributed by atoms with Crippen LogP contribution in [0.3, 0.4) is 0 Å². The minimum absolute atomic E-state index is 0.0213. The number of thioether (sulfide) groups is 1. The number of carboxylic acids is 1. The van der Waals surface area contributed by atoms with Crippen LogP contribution in [0.4, 0.5) is 0 Å². The summed E-state index contributed by atoms with van der Waals surface area (Å²) in [5.74, 6) is -2.98. The summed E-state index contributed by atoms with van der Waals surface area (Å²) >= 11 is 1.48. The molecule has 0 saturated carbocycles. The third kappa shape index (κ3) is 14.6. The molecule has 0 aromatic rings. The number of carbonyl (C=O) groups is 5. The summed E-state index contributed by atoms with van der Waals surface area (Å²) in [6.07, 6.45) is 3.76. The van der Waals surface area contributed by atoms with Gasteiger partial charge in [-0.25, -0.2) is 4.79 Å². The third-order valence-corrected chi connectivity index (χ3v) is 5.83. The molecule has 0 saturated heterocycles. The van der Waals surface area contributed by atoms with Gasteiger partial charge in [-0.2, -0.15) is 11.8 Å². The Morgan fingerprint density at radius 2 is 1.43 bits per heavy atom. The quantitative estimate of drug-likeness (QED) is 0.105. The molecule has 0 fully saturated rings. The molecule has 35 heavy (non-hydrogen) atoms. The van der Waals surface area contributed by atoms with Crippen LogP contribution >= 0.6 is 11.8 Å². The Morgan fingerprint density at radius 1 is 0.857 bits per heavy atom. The van der Waals surface area contributed by atoms with Gasteiger partial charge in [0.1, 0.15) is 18.1 Å². The molecule has 0 aliphatic heterocycles. The van der Waals surface area contributed by atoms with Crippen LogP contribution in [0.1, 0.15) is 58.8 Å². The highest BCUT2D eigenvalue weighted by Crippen LogP contribution is 2.09. The van der Waals surface area contributed by atoms with Crippen LogP contribution in [-0.4, -0.2) is 77.4 Å². The van der Waals surface area contributed by atoms with Crippen molar-refractivity contribution in [2.24, 2.45) is 23.1 Å². The predicted octanol–water partition coefficient (Wildman–Crippen LogP) is -0.954. The number of nitrogens with one attached hydrogen (secondary N) is 3. The summed E-state index contributed by atoms with van der Waals surface area (Å²) < 4.78 is 0. The second kappa shape index (κ2) is 18.0. The number of rotatable bonds is 19. The van der Waals surface area contributed by atoms with Crippen molar-refractivity contribution in [3.63, 3.8) is 0 Å². The molecule has 0 spiro atoms. The normalized spacial score (nSPS) is 14.5. The third-order valence-electron chi connectivity index (χ3n) is 5.18. The first-order valence-corrected chi connectivity index (χ1v) is 13.2. The van der Waals surface area contributed by atoms with E-state index in [4.69, 9.17) is 17.2 Å². The molecule has 13 heteroatoms. The Bertz CT molecular complexity index is 708.